The lowest BCUT2D eigenvalue weighted by Crippen LogP contribution is -2.06. The maximum atomic E-state index is 11.5. The molecule has 0 amide bonds. The minimum Gasteiger partial charge on any atom is -0.218 e. The number of hydrogen-bond donors (Lipinski definition) is 0. The molecule has 0 aliphatic rings. The lowest BCUT2D eigenvalue weighted by atomic mass is 10.3. The molecular formula is C10H4Cl3N3O2S. The van der Waals surface area contributed by atoms with Crippen molar-refractivity contribution in [2.45, 2.75) is 5.03 Å². The van der Waals surface area contributed by atoms with Crippen molar-refractivity contribution >= 4 is 42.9 Å². The standard InChI is InChI=1S/C10H4Cl3N3O2S/c11-7-1-2-9(8(12)3-7)16-10(19(13,17)18)6(4-14)5-15-16/h1-3,5H. The second-order valence-corrected chi connectivity index (χ2v) is 6.75. The molecule has 1 heterocycles. The molecule has 1 aromatic heterocycles. The van der Waals surface area contributed by atoms with Gasteiger partial charge < -0.3 is 0 Å². The second kappa shape index (κ2) is 5.02. The Morgan fingerprint density at radius 1 is 1.32 bits per heavy atom. The molecule has 2 aromatic rings. The molecule has 0 radical (unpaired) electrons. The average Bonchev–Trinajstić information content (AvgIpc) is 2.72. The Bertz CT molecular complexity index is 793. The van der Waals surface area contributed by atoms with Crippen LogP contribution in [0.3, 0.4) is 0 Å². The van der Waals surface area contributed by atoms with Crippen LogP contribution in [0.15, 0.2) is 29.4 Å². The number of hydrogen-bond acceptors (Lipinski definition) is 4. The Balaban J connectivity index is 2.78. The lowest BCUT2D eigenvalue weighted by molar-refractivity contribution is 0.599. The zero-order valence-electron chi connectivity index (χ0n) is 9.01. The number of nitrogens with zero attached hydrogens (tertiary/aromatic N) is 3. The minimum atomic E-state index is -4.15. The monoisotopic (exact) mass is 335 g/mol. The van der Waals surface area contributed by atoms with Crippen LogP contribution in [0.4, 0.5) is 0 Å². The van der Waals surface area contributed by atoms with Crippen LogP contribution < -0.4 is 0 Å². The Labute approximate surface area is 123 Å². The van der Waals surface area contributed by atoms with Crippen LogP contribution in [0.2, 0.25) is 10.0 Å². The topological polar surface area (TPSA) is 75.8 Å². The van der Waals surface area contributed by atoms with Crippen molar-refractivity contribution in [1.82, 2.24) is 9.78 Å². The van der Waals surface area contributed by atoms with Gasteiger partial charge >= 0.3 is 0 Å². The van der Waals surface area contributed by atoms with E-state index in [0.717, 1.165) is 10.9 Å². The fourth-order valence-corrected chi connectivity index (χ4v) is 3.12. The number of benzene rings is 1. The van der Waals surface area contributed by atoms with Crippen molar-refractivity contribution in [2.75, 3.05) is 0 Å². The zero-order chi connectivity index (χ0) is 14.2. The molecule has 2 rings (SSSR count). The Morgan fingerprint density at radius 2 is 2.00 bits per heavy atom. The summed E-state index contributed by atoms with van der Waals surface area (Å²) >= 11 is 11.7. The first-order valence-electron chi connectivity index (χ1n) is 4.73. The van der Waals surface area contributed by atoms with Gasteiger partial charge in [-0.05, 0) is 18.2 Å². The molecule has 1 aromatic carbocycles. The molecule has 98 valence electrons. The van der Waals surface area contributed by atoms with Crippen LogP contribution in [0.5, 0.6) is 0 Å². The molecule has 0 aliphatic carbocycles. The predicted octanol–water partition coefficient (Wildman–Crippen LogP) is 2.98. The van der Waals surface area contributed by atoms with E-state index in [9.17, 15) is 8.42 Å². The van der Waals surface area contributed by atoms with Crippen molar-refractivity contribution in [3.8, 4) is 11.8 Å². The summed E-state index contributed by atoms with van der Waals surface area (Å²) < 4.78 is 24.0. The Kier molecular flexibility index (Phi) is 3.74. The summed E-state index contributed by atoms with van der Waals surface area (Å²) in [5.41, 5.74) is 0.0906. The van der Waals surface area contributed by atoms with Gasteiger partial charge in [0.15, 0.2) is 5.03 Å². The molecule has 0 fully saturated rings. The van der Waals surface area contributed by atoms with Crippen LogP contribution in [-0.2, 0) is 9.05 Å². The van der Waals surface area contributed by atoms with E-state index in [2.05, 4.69) is 5.10 Å². The summed E-state index contributed by atoms with van der Waals surface area (Å²) in [5.74, 6) is 0. The summed E-state index contributed by atoms with van der Waals surface area (Å²) in [6.45, 7) is 0. The molecule has 9 heteroatoms. The third-order valence-electron chi connectivity index (χ3n) is 2.21. The summed E-state index contributed by atoms with van der Waals surface area (Å²) in [6, 6.07) is 6.13. The van der Waals surface area contributed by atoms with Crippen LogP contribution in [-0.4, -0.2) is 18.2 Å². The summed E-state index contributed by atoms with van der Waals surface area (Å²) in [7, 11) is 1.16. The number of halogens is 3. The van der Waals surface area contributed by atoms with Crippen molar-refractivity contribution in [3.63, 3.8) is 0 Å². The van der Waals surface area contributed by atoms with Gasteiger partial charge in [0, 0.05) is 15.7 Å². The molecule has 0 N–H and O–H groups in total. The van der Waals surface area contributed by atoms with Gasteiger partial charge in [-0.3, -0.25) is 0 Å². The highest BCUT2D eigenvalue weighted by Gasteiger charge is 2.24. The van der Waals surface area contributed by atoms with Crippen molar-refractivity contribution in [3.05, 3.63) is 40.0 Å². The lowest BCUT2D eigenvalue weighted by Gasteiger charge is -2.07. The number of aromatic nitrogens is 2. The van der Waals surface area contributed by atoms with Crippen LogP contribution >= 0.6 is 33.9 Å². The van der Waals surface area contributed by atoms with Crippen molar-refractivity contribution in [2.24, 2.45) is 0 Å². The van der Waals surface area contributed by atoms with Crippen LogP contribution in [0.25, 0.3) is 5.69 Å². The molecule has 0 saturated heterocycles. The average molecular weight is 337 g/mol. The zero-order valence-corrected chi connectivity index (χ0v) is 12.1. The maximum absolute atomic E-state index is 11.5. The molecule has 0 unspecified atom stereocenters. The van der Waals surface area contributed by atoms with Gasteiger partial charge in [0.25, 0.3) is 9.05 Å². The molecule has 19 heavy (non-hydrogen) atoms. The van der Waals surface area contributed by atoms with Gasteiger partial charge in [-0.15, -0.1) is 0 Å². The molecule has 5 nitrogen and oxygen atoms in total. The highest BCUT2D eigenvalue weighted by Crippen LogP contribution is 2.28. The Hall–Kier alpha value is -1.26. The predicted molar refractivity (Wildman–Crippen MR) is 71.3 cm³/mol. The van der Waals surface area contributed by atoms with E-state index in [0.29, 0.717) is 5.02 Å². The van der Waals surface area contributed by atoms with Gasteiger partial charge in [-0.25, -0.2) is 13.1 Å². The van der Waals surface area contributed by atoms with Crippen molar-refractivity contribution in [1.29, 1.82) is 5.26 Å². The molecule has 0 atom stereocenters. The first-order valence-corrected chi connectivity index (χ1v) is 7.79. The van der Waals surface area contributed by atoms with Gasteiger partial charge in [0.1, 0.15) is 11.6 Å². The largest absolute Gasteiger partial charge is 0.280 e. The third-order valence-corrected chi connectivity index (χ3v) is 4.05. The normalized spacial score (nSPS) is 11.3. The van der Waals surface area contributed by atoms with Gasteiger partial charge in [0.05, 0.1) is 16.9 Å². The van der Waals surface area contributed by atoms with Gasteiger partial charge in [0.2, 0.25) is 0 Å². The van der Waals surface area contributed by atoms with Crippen molar-refractivity contribution < 1.29 is 8.42 Å². The van der Waals surface area contributed by atoms with E-state index in [1.54, 1.807) is 6.07 Å². The van der Waals surface area contributed by atoms with E-state index in [-0.39, 0.29) is 16.3 Å². The smallest absolute Gasteiger partial charge is 0.218 e. The molecule has 0 aliphatic heterocycles. The van der Waals surface area contributed by atoms with E-state index < -0.39 is 14.1 Å². The highest BCUT2D eigenvalue weighted by molar-refractivity contribution is 8.13. The molecule has 0 saturated carbocycles. The number of nitriles is 1. The van der Waals surface area contributed by atoms with Crippen LogP contribution in [0, 0.1) is 11.3 Å². The fraction of sp³-hybridized carbons (Fsp3) is 0. The van der Waals surface area contributed by atoms with Gasteiger partial charge in [-0.2, -0.15) is 10.4 Å². The summed E-state index contributed by atoms with van der Waals surface area (Å²) in [4.78, 5) is 0. The SMILES string of the molecule is N#Cc1cnn(-c2ccc(Cl)cc2Cl)c1S(=O)(=O)Cl. The fourth-order valence-electron chi connectivity index (χ4n) is 1.47. The van der Waals surface area contributed by atoms with E-state index in [1.165, 1.54) is 18.2 Å². The minimum absolute atomic E-state index is 0.166. The molecular weight excluding hydrogens is 333 g/mol. The Morgan fingerprint density at radius 3 is 2.53 bits per heavy atom. The second-order valence-electron chi connectivity index (χ2n) is 3.42. The van der Waals surface area contributed by atoms with E-state index >= 15 is 0 Å². The van der Waals surface area contributed by atoms with Crippen LogP contribution in [0.1, 0.15) is 5.56 Å². The highest BCUT2D eigenvalue weighted by atomic mass is 35.7. The van der Waals surface area contributed by atoms with Gasteiger partial charge in [-0.1, -0.05) is 23.2 Å². The molecule has 0 bridgehead atoms. The summed E-state index contributed by atoms with van der Waals surface area (Å²) in [5, 5.41) is 12.8. The van der Waals surface area contributed by atoms with E-state index in [4.69, 9.17) is 39.1 Å². The first-order chi connectivity index (χ1) is 8.84. The van der Waals surface area contributed by atoms with E-state index in [1.807, 2.05) is 0 Å². The quantitative estimate of drug-likeness (QED) is 0.790. The number of rotatable bonds is 2. The maximum Gasteiger partial charge on any atom is 0.280 e. The summed E-state index contributed by atoms with van der Waals surface area (Å²) in [6.07, 6.45) is 1.10. The third kappa shape index (κ3) is 2.69. The first kappa shape index (κ1) is 14.2. The molecule has 0 spiro atoms.